The molecule has 0 saturated carbocycles. The highest BCUT2D eigenvalue weighted by molar-refractivity contribution is 5.55. The zero-order chi connectivity index (χ0) is 14.1. The Balaban J connectivity index is 2.11. The fourth-order valence-corrected chi connectivity index (χ4v) is 2.37. The lowest BCUT2D eigenvalue weighted by Crippen LogP contribution is -2.17. The van der Waals surface area contributed by atoms with Gasteiger partial charge in [-0.1, -0.05) is 12.1 Å². The third-order valence-electron chi connectivity index (χ3n) is 3.48. The number of rotatable bonds is 3. The van der Waals surface area contributed by atoms with Crippen LogP contribution in [0.3, 0.4) is 0 Å². The highest BCUT2D eigenvalue weighted by Gasteiger charge is 2.17. The van der Waals surface area contributed by atoms with Gasteiger partial charge in [0, 0.05) is 18.0 Å². The first-order chi connectivity index (χ1) is 9.70. The molecule has 3 rings (SSSR count). The van der Waals surface area contributed by atoms with Gasteiger partial charge in [0.2, 0.25) is 0 Å². The number of hydrogen-bond donors (Lipinski definition) is 1. The first-order valence-electron chi connectivity index (χ1n) is 6.41. The molecular formula is C15H15FN4. The molecule has 2 aromatic heterocycles. The van der Waals surface area contributed by atoms with E-state index in [1.54, 1.807) is 48.4 Å². The molecule has 0 amide bonds. The van der Waals surface area contributed by atoms with Gasteiger partial charge in [0.05, 0.1) is 24.0 Å². The predicted molar refractivity (Wildman–Crippen MR) is 75.0 cm³/mol. The summed E-state index contributed by atoms with van der Waals surface area (Å²) in [6, 6.07) is 5.17. The van der Waals surface area contributed by atoms with Crippen molar-refractivity contribution in [2.45, 2.75) is 13.0 Å². The summed E-state index contributed by atoms with van der Waals surface area (Å²) in [5, 5.41) is 7.51. The van der Waals surface area contributed by atoms with Crippen LogP contribution in [0.2, 0.25) is 0 Å². The van der Waals surface area contributed by atoms with Crippen molar-refractivity contribution in [2.24, 2.45) is 0 Å². The van der Waals surface area contributed by atoms with Gasteiger partial charge in [-0.25, -0.2) is 8.91 Å². The molecule has 0 radical (unpaired) electrons. The van der Waals surface area contributed by atoms with Crippen LogP contribution in [0.25, 0.3) is 5.52 Å². The van der Waals surface area contributed by atoms with Crippen molar-refractivity contribution in [3.63, 3.8) is 0 Å². The SMILES string of the molecule is CNC(c1ccc(C)c(F)c1)c1cnn2ccncc12. The summed E-state index contributed by atoms with van der Waals surface area (Å²) in [4.78, 5) is 4.13. The molecule has 0 aliphatic carbocycles. The molecule has 1 N–H and O–H groups in total. The first kappa shape index (κ1) is 12.7. The Bertz CT molecular complexity index is 750. The van der Waals surface area contributed by atoms with Crippen molar-refractivity contribution < 1.29 is 4.39 Å². The van der Waals surface area contributed by atoms with Crippen molar-refractivity contribution in [3.8, 4) is 0 Å². The molecule has 0 saturated heterocycles. The number of nitrogens with one attached hydrogen (secondary N) is 1. The van der Waals surface area contributed by atoms with E-state index < -0.39 is 0 Å². The van der Waals surface area contributed by atoms with E-state index in [1.165, 1.54) is 0 Å². The summed E-state index contributed by atoms with van der Waals surface area (Å²) >= 11 is 0. The Morgan fingerprint density at radius 2 is 2.15 bits per heavy atom. The predicted octanol–water partition coefficient (Wildman–Crippen LogP) is 2.49. The lowest BCUT2D eigenvalue weighted by molar-refractivity contribution is 0.608. The van der Waals surface area contributed by atoms with Crippen LogP contribution >= 0.6 is 0 Å². The van der Waals surface area contributed by atoms with E-state index in [4.69, 9.17) is 0 Å². The van der Waals surface area contributed by atoms with Crippen LogP contribution < -0.4 is 5.32 Å². The zero-order valence-corrected chi connectivity index (χ0v) is 11.3. The third kappa shape index (κ3) is 2.06. The van der Waals surface area contributed by atoms with Gasteiger partial charge in [0.1, 0.15) is 5.82 Å². The van der Waals surface area contributed by atoms with E-state index in [0.29, 0.717) is 5.56 Å². The minimum Gasteiger partial charge on any atom is -0.309 e. The molecule has 102 valence electrons. The second-order valence-electron chi connectivity index (χ2n) is 4.74. The summed E-state index contributed by atoms with van der Waals surface area (Å²) in [6.45, 7) is 1.76. The van der Waals surface area contributed by atoms with Crippen molar-refractivity contribution in [1.29, 1.82) is 0 Å². The highest BCUT2D eigenvalue weighted by atomic mass is 19.1. The number of aromatic nitrogens is 3. The molecular weight excluding hydrogens is 255 g/mol. The monoisotopic (exact) mass is 270 g/mol. The minimum absolute atomic E-state index is 0.119. The second kappa shape index (κ2) is 5.02. The Morgan fingerprint density at radius 1 is 1.30 bits per heavy atom. The van der Waals surface area contributed by atoms with E-state index in [2.05, 4.69) is 15.4 Å². The van der Waals surface area contributed by atoms with Gasteiger partial charge >= 0.3 is 0 Å². The molecule has 0 aliphatic rings. The van der Waals surface area contributed by atoms with E-state index in [0.717, 1.165) is 16.6 Å². The third-order valence-corrected chi connectivity index (χ3v) is 3.48. The first-order valence-corrected chi connectivity index (χ1v) is 6.41. The van der Waals surface area contributed by atoms with Crippen molar-refractivity contribution in [1.82, 2.24) is 19.9 Å². The molecule has 2 heterocycles. The van der Waals surface area contributed by atoms with Crippen molar-refractivity contribution >= 4 is 5.52 Å². The Labute approximate surface area is 116 Å². The van der Waals surface area contributed by atoms with Gasteiger partial charge in [0.15, 0.2) is 0 Å². The number of aryl methyl sites for hydroxylation is 1. The van der Waals surface area contributed by atoms with Crippen LogP contribution in [0.15, 0.2) is 43.0 Å². The van der Waals surface area contributed by atoms with E-state index in [-0.39, 0.29) is 11.9 Å². The maximum absolute atomic E-state index is 13.8. The molecule has 1 unspecified atom stereocenters. The van der Waals surface area contributed by atoms with Gasteiger partial charge < -0.3 is 5.32 Å². The lowest BCUT2D eigenvalue weighted by atomic mass is 9.99. The Hall–Kier alpha value is -2.27. The number of benzene rings is 1. The van der Waals surface area contributed by atoms with Gasteiger partial charge in [-0.3, -0.25) is 4.98 Å². The molecule has 4 nitrogen and oxygen atoms in total. The fourth-order valence-electron chi connectivity index (χ4n) is 2.37. The van der Waals surface area contributed by atoms with Crippen LogP contribution in [-0.2, 0) is 0 Å². The van der Waals surface area contributed by atoms with E-state index in [9.17, 15) is 4.39 Å². The van der Waals surface area contributed by atoms with E-state index in [1.807, 2.05) is 13.1 Å². The Morgan fingerprint density at radius 3 is 2.90 bits per heavy atom. The average molecular weight is 270 g/mol. The summed E-state index contributed by atoms with van der Waals surface area (Å²) < 4.78 is 15.5. The smallest absolute Gasteiger partial charge is 0.126 e. The molecule has 5 heteroatoms. The van der Waals surface area contributed by atoms with Crippen LogP contribution in [0.1, 0.15) is 22.7 Å². The minimum atomic E-state index is -0.197. The number of nitrogens with zero attached hydrogens (tertiary/aromatic N) is 3. The molecule has 0 fully saturated rings. The maximum Gasteiger partial charge on any atom is 0.126 e. The van der Waals surface area contributed by atoms with Crippen LogP contribution in [0, 0.1) is 12.7 Å². The van der Waals surface area contributed by atoms with Gasteiger partial charge in [-0.05, 0) is 31.2 Å². The number of hydrogen-bond acceptors (Lipinski definition) is 3. The van der Waals surface area contributed by atoms with Gasteiger partial charge in [-0.15, -0.1) is 0 Å². The van der Waals surface area contributed by atoms with Crippen LogP contribution in [-0.4, -0.2) is 21.6 Å². The van der Waals surface area contributed by atoms with Gasteiger partial charge in [-0.2, -0.15) is 5.10 Å². The van der Waals surface area contributed by atoms with Crippen molar-refractivity contribution in [3.05, 3.63) is 65.5 Å². The molecule has 1 atom stereocenters. The maximum atomic E-state index is 13.8. The van der Waals surface area contributed by atoms with Crippen LogP contribution in [0.4, 0.5) is 4.39 Å². The normalized spacial score (nSPS) is 12.8. The zero-order valence-electron chi connectivity index (χ0n) is 11.3. The van der Waals surface area contributed by atoms with Gasteiger partial charge in [0.25, 0.3) is 0 Å². The molecule has 20 heavy (non-hydrogen) atoms. The quantitative estimate of drug-likeness (QED) is 0.795. The standard InChI is InChI=1S/C15H15FN4/c1-10-3-4-11(7-13(10)16)15(17-2)12-8-19-20-6-5-18-9-14(12)20/h3-9,15,17H,1-2H3. The summed E-state index contributed by atoms with van der Waals surface area (Å²) in [6.07, 6.45) is 7.03. The molecule has 0 aliphatic heterocycles. The van der Waals surface area contributed by atoms with Crippen molar-refractivity contribution in [2.75, 3.05) is 7.05 Å². The molecule has 1 aromatic carbocycles. The average Bonchev–Trinajstić information content (AvgIpc) is 2.88. The van der Waals surface area contributed by atoms with E-state index >= 15 is 0 Å². The largest absolute Gasteiger partial charge is 0.309 e. The fraction of sp³-hybridized carbons (Fsp3) is 0.200. The van der Waals surface area contributed by atoms with Crippen LogP contribution in [0.5, 0.6) is 0 Å². The molecule has 3 aromatic rings. The number of halogens is 1. The number of fused-ring (bicyclic) bond motifs is 1. The summed E-state index contributed by atoms with van der Waals surface area (Å²) in [7, 11) is 1.85. The highest BCUT2D eigenvalue weighted by Crippen LogP contribution is 2.26. The molecule has 0 spiro atoms. The topological polar surface area (TPSA) is 42.2 Å². The second-order valence-corrected chi connectivity index (χ2v) is 4.74. The summed E-state index contributed by atoms with van der Waals surface area (Å²) in [5.74, 6) is -0.197. The summed E-state index contributed by atoms with van der Waals surface area (Å²) in [5.41, 5.74) is 3.40. The Kier molecular flexibility index (Phi) is 3.20. The lowest BCUT2D eigenvalue weighted by Gasteiger charge is -2.16. The molecule has 0 bridgehead atoms.